The third-order valence-corrected chi connectivity index (χ3v) is 4.64. The first kappa shape index (κ1) is 19.9. The van der Waals surface area contributed by atoms with Gasteiger partial charge in [-0.25, -0.2) is 4.79 Å². The minimum Gasteiger partial charge on any atom is -0.493 e. The van der Waals surface area contributed by atoms with Crippen LogP contribution in [0.2, 0.25) is 10.0 Å². The molecule has 0 aromatic heterocycles. The number of methoxy groups -OCH3 is 2. The highest BCUT2D eigenvalue weighted by atomic mass is 127. The van der Waals surface area contributed by atoms with Crippen LogP contribution in [0.3, 0.4) is 0 Å². The van der Waals surface area contributed by atoms with E-state index in [0.29, 0.717) is 21.5 Å². The monoisotopic (exact) mass is 492 g/mol. The Hall–Kier alpha value is -1.44. The highest BCUT2D eigenvalue weighted by Crippen LogP contribution is 2.35. The number of hydrogen-bond donors (Lipinski definition) is 0. The van der Waals surface area contributed by atoms with Crippen LogP contribution >= 0.6 is 45.8 Å². The average molecular weight is 493 g/mol. The van der Waals surface area contributed by atoms with Gasteiger partial charge >= 0.3 is 5.97 Å². The fraction of sp³-hybridized carbons (Fsp3) is 0.167. The van der Waals surface area contributed by atoms with Crippen molar-refractivity contribution in [2.45, 2.75) is 6.61 Å². The topological polar surface area (TPSA) is 44.8 Å². The molecule has 0 aliphatic carbocycles. The van der Waals surface area contributed by atoms with Crippen LogP contribution in [0.15, 0.2) is 36.4 Å². The molecule has 2 rings (SSSR count). The predicted molar refractivity (Wildman–Crippen MR) is 108 cm³/mol. The third kappa shape index (κ3) is 5.52. The highest BCUT2D eigenvalue weighted by Gasteiger charge is 2.12. The van der Waals surface area contributed by atoms with E-state index in [1.165, 1.54) is 13.2 Å². The molecule has 2 aromatic carbocycles. The second-order valence-electron chi connectivity index (χ2n) is 4.92. The number of halogens is 3. The summed E-state index contributed by atoms with van der Waals surface area (Å²) in [5.74, 6) is 0.734. The van der Waals surface area contributed by atoms with Crippen LogP contribution in [0, 0.1) is 3.57 Å². The van der Waals surface area contributed by atoms with Gasteiger partial charge in [0.2, 0.25) is 0 Å². The molecular weight excluding hydrogens is 478 g/mol. The van der Waals surface area contributed by atoms with E-state index in [4.69, 9.17) is 32.7 Å². The maximum absolute atomic E-state index is 11.2. The second-order valence-corrected chi connectivity index (χ2v) is 6.92. The van der Waals surface area contributed by atoms with Crippen molar-refractivity contribution in [3.63, 3.8) is 0 Å². The van der Waals surface area contributed by atoms with Crippen LogP contribution in [0.1, 0.15) is 11.1 Å². The highest BCUT2D eigenvalue weighted by molar-refractivity contribution is 14.1. The molecule has 132 valence electrons. The minimum atomic E-state index is -0.424. The molecule has 0 spiro atoms. The van der Waals surface area contributed by atoms with Crippen LogP contribution in [0.5, 0.6) is 11.5 Å². The van der Waals surface area contributed by atoms with Gasteiger partial charge in [-0.3, -0.25) is 0 Å². The maximum atomic E-state index is 11.2. The summed E-state index contributed by atoms with van der Waals surface area (Å²) in [6.07, 6.45) is 3.00. The van der Waals surface area contributed by atoms with Gasteiger partial charge in [-0.1, -0.05) is 29.3 Å². The Morgan fingerprint density at radius 1 is 1.20 bits per heavy atom. The Morgan fingerprint density at radius 3 is 2.60 bits per heavy atom. The molecular formula is C18H15Cl2IO4. The van der Waals surface area contributed by atoms with Gasteiger partial charge in [-0.15, -0.1) is 0 Å². The number of ether oxygens (including phenoxy) is 3. The van der Waals surface area contributed by atoms with Gasteiger partial charge in [0.15, 0.2) is 11.5 Å². The standard InChI is InChI=1S/C18H15Cl2IO4/c1-23-16-8-11(3-6-17(22)24-2)7-15(21)18(16)25-10-12-4-5-13(19)9-14(12)20/h3-9H,10H2,1-2H3/b6-3+. The lowest BCUT2D eigenvalue weighted by Gasteiger charge is -2.14. The van der Waals surface area contributed by atoms with E-state index in [9.17, 15) is 4.79 Å². The normalized spacial score (nSPS) is 10.8. The summed E-state index contributed by atoms with van der Waals surface area (Å²) in [6.45, 7) is 0.277. The average Bonchev–Trinajstić information content (AvgIpc) is 2.59. The summed E-state index contributed by atoms with van der Waals surface area (Å²) < 4.78 is 16.7. The number of benzene rings is 2. The van der Waals surface area contributed by atoms with Gasteiger partial charge in [0.1, 0.15) is 6.61 Å². The maximum Gasteiger partial charge on any atom is 0.330 e. The second kappa shape index (κ2) is 9.31. The number of esters is 1. The first-order valence-corrected chi connectivity index (χ1v) is 8.98. The molecule has 25 heavy (non-hydrogen) atoms. The molecule has 4 nitrogen and oxygen atoms in total. The fourth-order valence-corrected chi connectivity index (χ4v) is 3.24. The molecule has 7 heteroatoms. The molecule has 0 N–H and O–H groups in total. The first-order valence-electron chi connectivity index (χ1n) is 7.15. The fourth-order valence-electron chi connectivity index (χ4n) is 2.00. The summed E-state index contributed by atoms with van der Waals surface area (Å²) in [4.78, 5) is 11.2. The van der Waals surface area contributed by atoms with Gasteiger partial charge < -0.3 is 14.2 Å². The van der Waals surface area contributed by atoms with Crippen molar-refractivity contribution >= 4 is 57.8 Å². The Kier molecular flexibility index (Phi) is 7.40. The van der Waals surface area contributed by atoms with E-state index >= 15 is 0 Å². The Balaban J connectivity index is 2.22. The van der Waals surface area contributed by atoms with Crippen molar-refractivity contribution in [3.05, 3.63) is 61.2 Å². The molecule has 0 heterocycles. The van der Waals surface area contributed by atoms with E-state index in [1.54, 1.807) is 31.4 Å². The van der Waals surface area contributed by atoms with Crippen LogP contribution in [0.25, 0.3) is 6.08 Å². The van der Waals surface area contributed by atoms with Crippen LogP contribution < -0.4 is 9.47 Å². The van der Waals surface area contributed by atoms with Gasteiger partial charge in [-0.05, 0) is 58.5 Å². The number of rotatable bonds is 6. The van der Waals surface area contributed by atoms with E-state index in [-0.39, 0.29) is 6.61 Å². The van der Waals surface area contributed by atoms with Crippen molar-refractivity contribution in [1.29, 1.82) is 0 Å². The van der Waals surface area contributed by atoms with Crippen molar-refractivity contribution < 1.29 is 19.0 Å². The summed E-state index contributed by atoms with van der Waals surface area (Å²) in [5.41, 5.74) is 1.61. The van der Waals surface area contributed by atoms with Crippen molar-refractivity contribution in [2.24, 2.45) is 0 Å². The van der Waals surface area contributed by atoms with Crippen molar-refractivity contribution in [1.82, 2.24) is 0 Å². The molecule has 0 fully saturated rings. The van der Waals surface area contributed by atoms with Gasteiger partial charge in [0, 0.05) is 21.7 Å². The Bertz CT molecular complexity index is 806. The molecule has 0 aliphatic heterocycles. The number of carbonyl (C=O) groups excluding carboxylic acids is 1. The third-order valence-electron chi connectivity index (χ3n) is 3.25. The van der Waals surface area contributed by atoms with E-state index < -0.39 is 5.97 Å². The summed E-state index contributed by atoms with van der Waals surface area (Å²) in [7, 11) is 2.89. The lowest BCUT2D eigenvalue weighted by atomic mass is 10.2. The van der Waals surface area contributed by atoms with Crippen molar-refractivity contribution in [2.75, 3.05) is 14.2 Å². The Labute approximate surface area is 169 Å². The summed E-state index contributed by atoms with van der Waals surface area (Å²) in [5, 5.41) is 1.11. The zero-order valence-electron chi connectivity index (χ0n) is 13.5. The molecule has 0 saturated heterocycles. The van der Waals surface area contributed by atoms with Gasteiger partial charge in [0.25, 0.3) is 0 Å². The summed E-state index contributed by atoms with van der Waals surface area (Å²) in [6, 6.07) is 8.90. The van der Waals surface area contributed by atoms with Gasteiger partial charge in [0.05, 0.1) is 17.8 Å². The van der Waals surface area contributed by atoms with Gasteiger partial charge in [-0.2, -0.15) is 0 Å². The van der Waals surface area contributed by atoms with E-state index in [1.807, 2.05) is 12.1 Å². The molecule has 0 amide bonds. The van der Waals surface area contributed by atoms with E-state index in [2.05, 4.69) is 27.3 Å². The van der Waals surface area contributed by atoms with Crippen LogP contribution in [-0.2, 0) is 16.1 Å². The van der Waals surface area contributed by atoms with Crippen LogP contribution in [-0.4, -0.2) is 20.2 Å². The molecule has 0 radical (unpaired) electrons. The number of hydrogen-bond acceptors (Lipinski definition) is 4. The quantitative estimate of drug-likeness (QED) is 0.309. The first-order chi connectivity index (χ1) is 11.9. The number of carbonyl (C=O) groups is 1. The summed E-state index contributed by atoms with van der Waals surface area (Å²) >= 11 is 14.2. The molecule has 2 aromatic rings. The van der Waals surface area contributed by atoms with Crippen LogP contribution in [0.4, 0.5) is 0 Å². The van der Waals surface area contributed by atoms with Crippen molar-refractivity contribution in [3.8, 4) is 11.5 Å². The largest absolute Gasteiger partial charge is 0.493 e. The zero-order chi connectivity index (χ0) is 18.4. The molecule has 0 unspecified atom stereocenters. The smallest absolute Gasteiger partial charge is 0.330 e. The van der Waals surface area contributed by atoms with E-state index in [0.717, 1.165) is 14.7 Å². The lowest BCUT2D eigenvalue weighted by Crippen LogP contribution is -2.01. The lowest BCUT2D eigenvalue weighted by molar-refractivity contribution is -0.134. The SMILES string of the molecule is COC(=O)/C=C/c1cc(I)c(OCc2ccc(Cl)cc2Cl)c(OC)c1. The molecule has 0 aliphatic rings. The predicted octanol–water partition coefficient (Wildman–Crippen LogP) is 5.37. The zero-order valence-corrected chi connectivity index (χ0v) is 17.2. The molecule has 0 atom stereocenters. The molecule has 0 saturated carbocycles. The molecule has 0 bridgehead atoms. The minimum absolute atomic E-state index is 0.277. The Morgan fingerprint density at radius 2 is 1.96 bits per heavy atom.